The van der Waals surface area contributed by atoms with Crippen molar-refractivity contribution in [1.29, 1.82) is 0 Å². The molecule has 3 heteroatoms. The molecule has 17 heavy (non-hydrogen) atoms. The quantitative estimate of drug-likeness (QED) is 0.825. The van der Waals surface area contributed by atoms with Gasteiger partial charge < -0.3 is 5.32 Å². The van der Waals surface area contributed by atoms with Crippen molar-refractivity contribution in [1.82, 2.24) is 5.32 Å². The monoisotopic (exact) mass is 245 g/mol. The summed E-state index contributed by atoms with van der Waals surface area (Å²) in [7, 11) is 0. The van der Waals surface area contributed by atoms with E-state index in [2.05, 4.69) is 5.32 Å². The molecule has 0 bridgehead atoms. The van der Waals surface area contributed by atoms with Crippen LogP contribution in [0.15, 0.2) is 0 Å². The van der Waals surface area contributed by atoms with Gasteiger partial charge in [0.25, 0.3) is 0 Å². The molecule has 0 aliphatic rings. The highest BCUT2D eigenvalue weighted by Gasteiger charge is 2.19. The zero-order valence-electron chi connectivity index (χ0n) is 13.0. The summed E-state index contributed by atoms with van der Waals surface area (Å²) < 4.78 is 0. The summed E-state index contributed by atoms with van der Waals surface area (Å²) in [5.41, 5.74) is 0. The summed E-state index contributed by atoms with van der Waals surface area (Å²) >= 11 is 0. The number of ketones is 1. The number of carbonyl (C=O) groups excluding carboxylic acids is 2. The van der Waals surface area contributed by atoms with Gasteiger partial charge in [0.1, 0.15) is 0 Å². The normalized spacial score (nSPS) is 12.4. The van der Waals surface area contributed by atoms with Gasteiger partial charge in [-0.2, -0.15) is 0 Å². The number of amides is 1. The third-order valence-corrected chi connectivity index (χ3v) is 2.38. The second-order valence-corrected chi connectivity index (χ2v) is 3.87. The van der Waals surface area contributed by atoms with Crippen LogP contribution < -0.4 is 5.32 Å². The van der Waals surface area contributed by atoms with Crippen LogP contribution in [-0.2, 0) is 9.59 Å². The second kappa shape index (κ2) is 13.2. The lowest BCUT2D eigenvalue weighted by molar-refractivity contribution is -0.129. The van der Waals surface area contributed by atoms with E-state index in [1.54, 1.807) is 6.92 Å². The SMILES string of the molecule is CC.CC.CC(=O)[C@H](C)NC(=O)C(C)C(C)C. The number of carbonyl (C=O) groups is 2. The molecule has 0 saturated carbocycles. The summed E-state index contributed by atoms with van der Waals surface area (Å²) in [6.45, 7) is 17.0. The lowest BCUT2D eigenvalue weighted by Gasteiger charge is -2.17. The first kappa shape index (κ1) is 21.4. The molecule has 0 aromatic heterocycles. The van der Waals surface area contributed by atoms with Crippen molar-refractivity contribution in [3.05, 3.63) is 0 Å². The van der Waals surface area contributed by atoms with Crippen LogP contribution in [0.25, 0.3) is 0 Å². The van der Waals surface area contributed by atoms with Gasteiger partial charge in [-0.25, -0.2) is 0 Å². The predicted octanol–water partition coefficient (Wildman–Crippen LogP) is 3.42. The van der Waals surface area contributed by atoms with Gasteiger partial charge in [0.05, 0.1) is 6.04 Å². The van der Waals surface area contributed by atoms with E-state index in [1.807, 2.05) is 48.5 Å². The summed E-state index contributed by atoms with van der Waals surface area (Å²) in [5, 5.41) is 2.67. The van der Waals surface area contributed by atoms with Crippen LogP contribution in [0, 0.1) is 11.8 Å². The first-order valence-electron chi connectivity index (χ1n) is 6.67. The summed E-state index contributed by atoms with van der Waals surface area (Å²) in [4.78, 5) is 22.3. The van der Waals surface area contributed by atoms with E-state index in [-0.39, 0.29) is 23.7 Å². The Labute approximate surface area is 107 Å². The molecule has 1 amide bonds. The fourth-order valence-corrected chi connectivity index (χ4v) is 0.749. The van der Waals surface area contributed by atoms with Crippen LogP contribution in [0.1, 0.15) is 62.3 Å². The number of rotatable bonds is 4. The van der Waals surface area contributed by atoms with E-state index in [0.717, 1.165) is 0 Å². The van der Waals surface area contributed by atoms with Crippen LogP contribution >= 0.6 is 0 Å². The average Bonchev–Trinajstić information content (AvgIpc) is 2.32. The van der Waals surface area contributed by atoms with Gasteiger partial charge in [-0.1, -0.05) is 48.5 Å². The standard InChI is InChI=1S/C10H19NO2.2C2H6/c1-6(2)7(3)10(13)11-8(4)9(5)12;2*1-2/h6-8H,1-5H3,(H,11,13);2*1-2H3/t7?,8-;;/m0../s1. The maximum atomic E-state index is 11.4. The van der Waals surface area contributed by atoms with E-state index in [4.69, 9.17) is 0 Å². The molecule has 2 atom stereocenters. The Morgan fingerprint density at radius 1 is 0.882 bits per heavy atom. The molecule has 0 rings (SSSR count). The first-order valence-corrected chi connectivity index (χ1v) is 6.67. The third kappa shape index (κ3) is 11.4. The van der Waals surface area contributed by atoms with E-state index >= 15 is 0 Å². The molecule has 1 N–H and O–H groups in total. The van der Waals surface area contributed by atoms with Gasteiger partial charge in [0.2, 0.25) is 5.91 Å². The van der Waals surface area contributed by atoms with E-state index < -0.39 is 0 Å². The van der Waals surface area contributed by atoms with Crippen molar-refractivity contribution in [2.75, 3.05) is 0 Å². The van der Waals surface area contributed by atoms with Crippen molar-refractivity contribution in [3.63, 3.8) is 0 Å². The molecule has 0 spiro atoms. The Morgan fingerprint density at radius 3 is 1.47 bits per heavy atom. The molecule has 0 saturated heterocycles. The smallest absolute Gasteiger partial charge is 0.223 e. The van der Waals surface area contributed by atoms with Crippen LogP contribution in [0.4, 0.5) is 0 Å². The van der Waals surface area contributed by atoms with Gasteiger partial charge in [-0.3, -0.25) is 9.59 Å². The molecule has 1 unspecified atom stereocenters. The number of hydrogen-bond acceptors (Lipinski definition) is 2. The largest absolute Gasteiger partial charge is 0.346 e. The lowest BCUT2D eigenvalue weighted by atomic mass is 9.97. The van der Waals surface area contributed by atoms with Crippen LogP contribution in [-0.4, -0.2) is 17.7 Å². The van der Waals surface area contributed by atoms with Crippen LogP contribution in [0.2, 0.25) is 0 Å². The van der Waals surface area contributed by atoms with Gasteiger partial charge in [-0.05, 0) is 19.8 Å². The van der Waals surface area contributed by atoms with Crippen LogP contribution in [0.3, 0.4) is 0 Å². The van der Waals surface area contributed by atoms with E-state index in [0.29, 0.717) is 5.92 Å². The third-order valence-electron chi connectivity index (χ3n) is 2.38. The van der Waals surface area contributed by atoms with Crippen molar-refractivity contribution >= 4 is 11.7 Å². The molecule has 0 aromatic rings. The Balaban J connectivity index is -0.000000439. The zero-order chi connectivity index (χ0) is 14.6. The number of hydrogen-bond donors (Lipinski definition) is 1. The fourth-order valence-electron chi connectivity index (χ4n) is 0.749. The minimum absolute atomic E-state index is 0.00990. The molecular formula is C14H31NO2. The molecule has 0 aliphatic carbocycles. The Hall–Kier alpha value is -0.860. The highest BCUT2D eigenvalue weighted by atomic mass is 16.2. The first-order chi connectivity index (χ1) is 7.86. The zero-order valence-corrected chi connectivity index (χ0v) is 13.0. The topological polar surface area (TPSA) is 46.2 Å². The Kier molecular flexibility index (Phi) is 16.6. The molecule has 0 heterocycles. The maximum absolute atomic E-state index is 11.4. The van der Waals surface area contributed by atoms with E-state index in [9.17, 15) is 9.59 Å². The molecule has 104 valence electrons. The molecule has 3 nitrogen and oxygen atoms in total. The Morgan fingerprint density at radius 2 is 1.24 bits per heavy atom. The number of Topliss-reactive ketones (excluding diaryl/α,β-unsaturated/α-hetero) is 1. The minimum Gasteiger partial charge on any atom is -0.346 e. The molecule has 0 radical (unpaired) electrons. The summed E-state index contributed by atoms with van der Waals surface area (Å²) in [6, 6.07) is -0.367. The summed E-state index contributed by atoms with van der Waals surface area (Å²) in [6.07, 6.45) is 0. The molecule has 0 fully saturated rings. The summed E-state index contributed by atoms with van der Waals surface area (Å²) in [5.74, 6) is 0.211. The van der Waals surface area contributed by atoms with E-state index in [1.165, 1.54) is 6.92 Å². The van der Waals surface area contributed by atoms with Crippen molar-refractivity contribution < 1.29 is 9.59 Å². The van der Waals surface area contributed by atoms with Gasteiger partial charge in [0, 0.05) is 5.92 Å². The van der Waals surface area contributed by atoms with Crippen molar-refractivity contribution in [2.24, 2.45) is 11.8 Å². The van der Waals surface area contributed by atoms with Gasteiger partial charge in [-0.15, -0.1) is 0 Å². The van der Waals surface area contributed by atoms with Crippen LogP contribution in [0.5, 0.6) is 0 Å². The van der Waals surface area contributed by atoms with Crippen molar-refractivity contribution in [3.8, 4) is 0 Å². The second-order valence-electron chi connectivity index (χ2n) is 3.87. The highest BCUT2D eigenvalue weighted by Crippen LogP contribution is 2.09. The fraction of sp³-hybridized carbons (Fsp3) is 0.857. The Bertz CT molecular complexity index is 200. The van der Waals surface area contributed by atoms with Crippen molar-refractivity contribution in [2.45, 2.75) is 68.4 Å². The average molecular weight is 245 g/mol. The predicted molar refractivity (Wildman–Crippen MR) is 75.0 cm³/mol. The highest BCUT2D eigenvalue weighted by molar-refractivity contribution is 5.87. The minimum atomic E-state index is -0.367. The number of nitrogens with one attached hydrogen (secondary N) is 1. The van der Waals surface area contributed by atoms with Gasteiger partial charge in [0.15, 0.2) is 5.78 Å². The lowest BCUT2D eigenvalue weighted by Crippen LogP contribution is -2.41. The maximum Gasteiger partial charge on any atom is 0.223 e. The molecule has 0 aliphatic heterocycles. The van der Waals surface area contributed by atoms with Gasteiger partial charge >= 0.3 is 0 Å². The molecule has 0 aromatic carbocycles. The molecular weight excluding hydrogens is 214 g/mol.